The maximum Gasteiger partial charge on any atom is 0.150 e. The lowest BCUT2D eigenvalue weighted by molar-refractivity contribution is 0.583. The molecular weight excluding hydrogens is 292 g/mol. The molecule has 88 valence electrons. The molecule has 1 heterocycles. The highest BCUT2D eigenvalue weighted by molar-refractivity contribution is 9.10. The van der Waals surface area contributed by atoms with E-state index in [0.717, 1.165) is 11.8 Å². The summed E-state index contributed by atoms with van der Waals surface area (Å²) in [5, 5.41) is 2.85. The number of anilines is 1. The Balaban J connectivity index is 2.15. The predicted molar refractivity (Wildman–Crippen MR) is 63.4 cm³/mol. The summed E-state index contributed by atoms with van der Waals surface area (Å²) in [7, 11) is 0. The van der Waals surface area contributed by atoms with Crippen molar-refractivity contribution in [2.75, 3.05) is 5.32 Å². The van der Waals surface area contributed by atoms with Gasteiger partial charge in [0.15, 0.2) is 0 Å². The molecule has 1 aromatic carbocycles. The second-order valence-corrected chi connectivity index (χ2v) is 4.15. The molecule has 1 N–H and O–H groups in total. The van der Waals surface area contributed by atoms with Crippen LogP contribution in [0.4, 0.5) is 14.5 Å². The molecule has 6 heteroatoms. The SMILES string of the molecule is Fc1cc(F)c(NCc2ccncn2)c(Br)c1. The summed E-state index contributed by atoms with van der Waals surface area (Å²) in [6.07, 6.45) is 3.01. The Kier molecular flexibility index (Phi) is 3.63. The Bertz CT molecular complexity index is 496. The lowest BCUT2D eigenvalue weighted by Gasteiger charge is -2.09. The van der Waals surface area contributed by atoms with E-state index in [4.69, 9.17) is 0 Å². The van der Waals surface area contributed by atoms with Crippen molar-refractivity contribution in [1.82, 2.24) is 9.97 Å². The molecule has 0 fully saturated rings. The Morgan fingerprint density at radius 2 is 2.12 bits per heavy atom. The zero-order chi connectivity index (χ0) is 12.3. The van der Waals surface area contributed by atoms with Crippen molar-refractivity contribution < 1.29 is 8.78 Å². The molecule has 0 aliphatic heterocycles. The predicted octanol–water partition coefficient (Wildman–Crippen LogP) is 3.13. The summed E-state index contributed by atoms with van der Waals surface area (Å²) in [6.45, 7) is 0.337. The quantitative estimate of drug-likeness (QED) is 0.946. The topological polar surface area (TPSA) is 37.8 Å². The van der Waals surface area contributed by atoms with Gasteiger partial charge in [-0.2, -0.15) is 0 Å². The van der Waals surface area contributed by atoms with Gasteiger partial charge < -0.3 is 5.32 Å². The van der Waals surface area contributed by atoms with Gasteiger partial charge in [0.1, 0.15) is 18.0 Å². The zero-order valence-electron chi connectivity index (χ0n) is 8.62. The van der Waals surface area contributed by atoms with Gasteiger partial charge in [0.25, 0.3) is 0 Å². The van der Waals surface area contributed by atoms with Crippen LogP contribution in [0.25, 0.3) is 0 Å². The molecule has 0 saturated heterocycles. The maximum absolute atomic E-state index is 13.4. The Morgan fingerprint density at radius 1 is 1.29 bits per heavy atom. The molecule has 0 aliphatic rings. The van der Waals surface area contributed by atoms with Gasteiger partial charge in [-0.3, -0.25) is 0 Å². The van der Waals surface area contributed by atoms with Gasteiger partial charge in [-0.1, -0.05) is 0 Å². The highest BCUT2D eigenvalue weighted by Gasteiger charge is 2.09. The molecule has 17 heavy (non-hydrogen) atoms. The fourth-order valence-corrected chi connectivity index (χ4v) is 1.86. The normalized spacial score (nSPS) is 10.3. The van der Waals surface area contributed by atoms with Gasteiger partial charge in [0.05, 0.1) is 17.9 Å². The van der Waals surface area contributed by atoms with E-state index in [9.17, 15) is 8.78 Å². The number of benzene rings is 1. The van der Waals surface area contributed by atoms with E-state index in [-0.39, 0.29) is 5.69 Å². The van der Waals surface area contributed by atoms with Crippen molar-refractivity contribution in [2.45, 2.75) is 6.54 Å². The van der Waals surface area contributed by atoms with Crippen LogP contribution >= 0.6 is 15.9 Å². The first-order valence-electron chi connectivity index (χ1n) is 4.80. The molecule has 0 amide bonds. The van der Waals surface area contributed by atoms with Crippen molar-refractivity contribution in [3.8, 4) is 0 Å². The van der Waals surface area contributed by atoms with Crippen LogP contribution in [0.15, 0.2) is 35.2 Å². The van der Waals surface area contributed by atoms with Crippen molar-refractivity contribution in [3.05, 3.63) is 52.5 Å². The van der Waals surface area contributed by atoms with Gasteiger partial charge >= 0.3 is 0 Å². The molecule has 3 nitrogen and oxygen atoms in total. The van der Waals surface area contributed by atoms with Gasteiger partial charge in [-0.05, 0) is 28.1 Å². The summed E-state index contributed by atoms with van der Waals surface area (Å²) in [4.78, 5) is 7.76. The van der Waals surface area contributed by atoms with Crippen LogP contribution in [0.3, 0.4) is 0 Å². The average molecular weight is 300 g/mol. The number of nitrogens with zero attached hydrogens (tertiary/aromatic N) is 2. The Hall–Kier alpha value is -1.56. The minimum Gasteiger partial charge on any atom is -0.376 e. The summed E-state index contributed by atoms with van der Waals surface area (Å²) < 4.78 is 26.6. The van der Waals surface area contributed by atoms with Gasteiger partial charge in [-0.15, -0.1) is 0 Å². The first-order valence-corrected chi connectivity index (χ1v) is 5.59. The summed E-state index contributed by atoms with van der Waals surface area (Å²) >= 11 is 3.10. The van der Waals surface area contributed by atoms with Crippen LogP contribution in [0, 0.1) is 11.6 Å². The molecule has 2 rings (SSSR count). The van der Waals surface area contributed by atoms with Crippen molar-refractivity contribution >= 4 is 21.6 Å². The highest BCUT2D eigenvalue weighted by atomic mass is 79.9. The molecule has 0 bridgehead atoms. The van der Waals surface area contributed by atoms with Gasteiger partial charge in [0.2, 0.25) is 0 Å². The van der Waals surface area contributed by atoms with E-state index in [2.05, 4.69) is 31.2 Å². The Labute approximate surface area is 105 Å². The number of nitrogens with one attached hydrogen (secondary N) is 1. The first kappa shape index (κ1) is 11.9. The van der Waals surface area contributed by atoms with Crippen molar-refractivity contribution in [1.29, 1.82) is 0 Å². The molecule has 0 spiro atoms. The Morgan fingerprint density at radius 3 is 2.76 bits per heavy atom. The van der Waals surface area contributed by atoms with Gasteiger partial charge in [-0.25, -0.2) is 18.7 Å². The third-order valence-corrected chi connectivity index (χ3v) is 2.72. The molecule has 0 unspecified atom stereocenters. The lowest BCUT2D eigenvalue weighted by Crippen LogP contribution is -2.04. The van der Waals surface area contributed by atoms with Crippen LogP contribution < -0.4 is 5.32 Å². The first-order chi connectivity index (χ1) is 8.16. The lowest BCUT2D eigenvalue weighted by atomic mass is 10.3. The van der Waals surface area contributed by atoms with Crippen LogP contribution in [-0.4, -0.2) is 9.97 Å². The molecule has 0 radical (unpaired) electrons. The van der Waals surface area contributed by atoms with Crippen LogP contribution in [-0.2, 0) is 6.54 Å². The van der Waals surface area contributed by atoms with Crippen LogP contribution in [0.2, 0.25) is 0 Å². The molecule has 1 aromatic heterocycles. The largest absolute Gasteiger partial charge is 0.376 e. The zero-order valence-corrected chi connectivity index (χ0v) is 10.2. The highest BCUT2D eigenvalue weighted by Crippen LogP contribution is 2.27. The third-order valence-electron chi connectivity index (χ3n) is 2.10. The van der Waals surface area contributed by atoms with E-state index in [1.165, 1.54) is 12.4 Å². The second-order valence-electron chi connectivity index (χ2n) is 3.30. The van der Waals surface area contributed by atoms with Gasteiger partial charge in [0, 0.05) is 16.7 Å². The van der Waals surface area contributed by atoms with E-state index in [1.807, 2.05) is 0 Å². The molecule has 0 atom stereocenters. The number of hydrogen-bond donors (Lipinski definition) is 1. The molecule has 0 saturated carbocycles. The van der Waals surface area contributed by atoms with Crippen molar-refractivity contribution in [3.63, 3.8) is 0 Å². The van der Waals surface area contributed by atoms with Crippen LogP contribution in [0.5, 0.6) is 0 Å². The van der Waals surface area contributed by atoms with Crippen molar-refractivity contribution in [2.24, 2.45) is 0 Å². The monoisotopic (exact) mass is 299 g/mol. The van der Waals surface area contributed by atoms with Crippen LogP contribution in [0.1, 0.15) is 5.69 Å². The minimum atomic E-state index is -0.647. The maximum atomic E-state index is 13.4. The number of hydrogen-bond acceptors (Lipinski definition) is 3. The minimum absolute atomic E-state index is 0.213. The fourth-order valence-electron chi connectivity index (χ4n) is 1.31. The number of aromatic nitrogens is 2. The molecular formula is C11H8BrF2N3. The van der Waals surface area contributed by atoms with E-state index in [1.54, 1.807) is 12.3 Å². The van der Waals surface area contributed by atoms with E-state index in [0.29, 0.717) is 11.0 Å². The summed E-state index contributed by atoms with van der Waals surface area (Å²) in [5.74, 6) is -1.27. The fraction of sp³-hybridized carbons (Fsp3) is 0.0909. The molecule has 2 aromatic rings. The standard InChI is InChI=1S/C11H8BrF2N3/c12-9-3-7(13)4-10(14)11(9)16-5-8-1-2-15-6-17-8/h1-4,6,16H,5H2. The molecule has 0 aliphatic carbocycles. The number of halogens is 3. The summed E-state index contributed by atoms with van der Waals surface area (Å²) in [6, 6.07) is 3.74. The number of rotatable bonds is 3. The smallest absolute Gasteiger partial charge is 0.150 e. The van der Waals surface area contributed by atoms with E-state index < -0.39 is 11.6 Å². The average Bonchev–Trinajstić information content (AvgIpc) is 2.29. The van der Waals surface area contributed by atoms with E-state index >= 15 is 0 Å². The third kappa shape index (κ3) is 2.97. The summed E-state index contributed by atoms with van der Waals surface area (Å²) in [5.41, 5.74) is 0.931. The second kappa shape index (κ2) is 5.18.